The van der Waals surface area contributed by atoms with Crippen LogP contribution in [-0.2, 0) is 10.8 Å². The van der Waals surface area contributed by atoms with Gasteiger partial charge in [-0.15, -0.1) is 0 Å². The van der Waals surface area contributed by atoms with Crippen LogP contribution in [0, 0.1) is 5.92 Å². The molecule has 54 heavy (non-hydrogen) atoms. The van der Waals surface area contributed by atoms with Gasteiger partial charge in [-0.05, 0) is 108 Å². The lowest BCUT2D eigenvalue weighted by Crippen LogP contribution is -2.45. The van der Waals surface area contributed by atoms with Crippen molar-refractivity contribution in [1.29, 1.82) is 0 Å². The third-order valence-corrected chi connectivity index (χ3v) is 13.0. The van der Waals surface area contributed by atoms with Gasteiger partial charge in [0.15, 0.2) is 0 Å². The van der Waals surface area contributed by atoms with Crippen LogP contribution in [0.25, 0.3) is 39.0 Å². The Balaban J connectivity index is 1.19. The molecule has 1 nitrogen and oxygen atoms in total. The van der Waals surface area contributed by atoms with Crippen LogP contribution in [0.4, 0.5) is 11.4 Å². The lowest BCUT2D eigenvalue weighted by Gasteiger charge is -2.45. The van der Waals surface area contributed by atoms with Crippen molar-refractivity contribution in [2.75, 3.05) is 4.90 Å². The predicted octanol–water partition coefficient (Wildman–Crippen LogP) is 13.2. The minimum atomic E-state index is -0.419. The van der Waals surface area contributed by atoms with E-state index in [0.29, 0.717) is 0 Å². The van der Waals surface area contributed by atoms with Gasteiger partial charge in [0, 0.05) is 16.8 Å². The fourth-order valence-corrected chi connectivity index (χ4v) is 10.7. The van der Waals surface area contributed by atoms with E-state index in [9.17, 15) is 0 Å². The smallest absolute Gasteiger partial charge is 0.0708 e. The molecule has 0 saturated heterocycles. The zero-order valence-electron chi connectivity index (χ0n) is 30.9. The minimum Gasteiger partial charge on any atom is -0.334 e. The van der Waals surface area contributed by atoms with Gasteiger partial charge in [0.1, 0.15) is 0 Å². The van der Waals surface area contributed by atoms with E-state index < -0.39 is 5.41 Å². The second kappa shape index (κ2) is 11.4. The fourth-order valence-electron chi connectivity index (χ4n) is 10.7. The van der Waals surface area contributed by atoms with Gasteiger partial charge < -0.3 is 4.90 Å². The average molecular weight is 692 g/mol. The number of anilines is 2. The monoisotopic (exact) mass is 691 g/mol. The first-order valence-corrected chi connectivity index (χ1v) is 19.4. The summed E-state index contributed by atoms with van der Waals surface area (Å²) in [5.41, 5.74) is 20.9. The Morgan fingerprint density at radius 1 is 0.444 bits per heavy atom. The molecule has 7 aromatic carbocycles. The molecule has 0 bridgehead atoms. The van der Waals surface area contributed by atoms with E-state index in [4.69, 9.17) is 0 Å². The van der Waals surface area contributed by atoms with Gasteiger partial charge in [0.25, 0.3) is 0 Å². The van der Waals surface area contributed by atoms with Crippen LogP contribution in [0.3, 0.4) is 0 Å². The van der Waals surface area contributed by atoms with Crippen molar-refractivity contribution in [3.8, 4) is 33.4 Å². The van der Waals surface area contributed by atoms with Crippen molar-refractivity contribution in [3.63, 3.8) is 0 Å². The molecule has 0 N–H and O–H groups in total. The van der Waals surface area contributed by atoms with Gasteiger partial charge in [-0.1, -0.05) is 179 Å². The molecule has 11 rings (SSSR count). The van der Waals surface area contributed by atoms with Crippen molar-refractivity contribution >= 4 is 16.9 Å². The standard InChI is InChI=1S/C53H41N/c1-34-25-31-44-42-20-10-14-24-48(42)53(46-22-12-8-18-40(46)41-19-9-13-23-47(41)53)50(44)51(34)54(37-28-26-36(27-29-37)35-15-5-4-6-16-35)38-30-32-43-39-17-7-11-21-45(39)52(2,3)49(43)33-38/h4-34,51H,1-3H3. The highest BCUT2D eigenvalue weighted by molar-refractivity contribution is 5.99. The third kappa shape index (κ3) is 4.10. The van der Waals surface area contributed by atoms with E-state index in [0.717, 1.165) is 0 Å². The molecule has 4 aliphatic rings. The Labute approximate surface area is 318 Å². The maximum Gasteiger partial charge on any atom is 0.0708 e. The summed E-state index contributed by atoms with van der Waals surface area (Å²) < 4.78 is 0. The van der Waals surface area contributed by atoms with Crippen molar-refractivity contribution < 1.29 is 0 Å². The maximum absolute atomic E-state index is 2.69. The summed E-state index contributed by atoms with van der Waals surface area (Å²) in [6.07, 6.45) is 4.90. The third-order valence-electron chi connectivity index (χ3n) is 13.0. The van der Waals surface area contributed by atoms with Gasteiger partial charge in [0.05, 0.1) is 11.5 Å². The molecule has 2 unspecified atom stereocenters. The summed E-state index contributed by atoms with van der Waals surface area (Å²) >= 11 is 0. The highest BCUT2D eigenvalue weighted by atomic mass is 15.2. The van der Waals surface area contributed by atoms with Crippen LogP contribution in [-0.4, -0.2) is 6.04 Å². The first-order chi connectivity index (χ1) is 26.5. The molecule has 0 aliphatic heterocycles. The minimum absolute atomic E-state index is 0.0316. The number of hydrogen-bond acceptors (Lipinski definition) is 1. The van der Waals surface area contributed by atoms with E-state index in [-0.39, 0.29) is 17.4 Å². The van der Waals surface area contributed by atoms with Gasteiger partial charge >= 0.3 is 0 Å². The molecular formula is C53H41N. The summed E-state index contributed by atoms with van der Waals surface area (Å²) in [6, 6.07) is 63.9. The van der Waals surface area contributed by atoms with Gasteiger partial charge in [-0.3, -0.25) is 0 Å². The maximum atomic E-state index is 2.69. The molecule has 4 aliphatic carbocycles. The first-order valence-electron chi connectivity index (χ1n) is 19.4. The van der Waals surface area contributed by atoms with E-state index in [2.05, 4.69) is 208 Å². The molecule has 258 valence electrons. The number of rotatable bonds is 4. The Kier molecular flexibility index (Phi) is 6.62. The summed E-state index contributed by atoms with van der Waals surface area (Å²) in [5, 5.41) is 0. The van der Waals surface area contributed by atoms with Crippen LogP contribution in [0.1, 0.15) is 54.2 Å². The molecule has 1 spiro atoms. The SMILES string of the molecule is CC1C=CC2=C(C1N(c1ccc(-c3ccccc3)cc1)c1ccc3c(c1)C(C)(C)c1ccccc1-3)C1(c3ccccc32)c2ccccc2-c2ccccc21. The molecular weight excluding hydrogens is 651 g/mol. The molecule has 0 fully saturated rings. The largest absolute Gasteiger partial charge is 0.334 e. The first kappa shape index (κ1) is 31.4. The molecule has 0 aromatic heterocycles. The summed E-state index contributed by atoms with van der Waals surface area (Å²) in [6.45, 7) is 7.21. The van der Waals surface area contributed by atoms with Crippen LogP contribution < -0.4 is 4.90 Å². The quantitative estimate of drug-likeness (QED) is 0.178. The topological polar surface area (TPSA) is 3.24 Å². The Morgan fingerprint density at radius 2 is 0.926 bits per heavy atom. The second-order valence-electron chi connectivity index (χ2n) is 16.1. The lowest BCUT2D eigenvalue weighted by molar-refractivity contribution is 0.536. The number of nitrogens with zero attached hydrogens (tertiary/aromatic N) is 1. The normalized spacial score (nSPS) is 18.8. The van der Waals surface area contributed by atoms with E-state index in [1.807, 2.05) is 0 Å². The lowest BCUT2D eigenvalue weighted by atomic mass is 9.65. The molecule has 0 amide bonds. The number of benzene rings is 7. The van der Waals surface area contributed by atoms with Crippen LogP contribution >= 0.6 is 0 Å². The zero-order valence-corrected chi connectivity index (χ0v) is 30.9. The molecule has 2 atom stereocenters. The molecule has 0 saturated carbocycles. The number of fused-ring (bicyclic) bond motifs is 12. The van der Waals surface area contributed by atoms with Crippen molar-refractivity contribution in [2.45, 2.75) is 37.6 Å². The van der Waals surface area contributed by atoms with Gasteiger partial charge in [-0.2, -0.15) is 0 Å². The Hall–Kier alpha value is -6.18. The highest BCUT2D eigenvalue weighted by Gasteiger charge is 2.56. The molecule has 0 heterocycles. The van der Waals surface area contributed by atoms with Crippen molar-refractivity contribution in [3.05, 3.63) is 221 Å². The summed E-state index contributed by atoms with van der Waals surface area (Å²) in [5.74, 6) is 0.224. The summed E-state index contributed by atoms with van der Waals surface area (Å²) in [7, 11) is 0. The zero-order chi connectivity index (χ0) is 36.2. The second-order valence-corrected chi connectivity index (χ2v) is 16.1. The van der Waals surface area contributed by atoms with Crippen molar-refractivity contribution in [2.24, 2.45) is 5.92 Å². The van der Waals surface area contributed by atoms with Gasteiger partial charge in [-0.25, -0.2) is 0 Å². The Morgan fingerprint density at radius 3 is 1.57 bits per heavy atom. The number of allylic oxidation sites excluding steroid dienone is 2. The predicted molar refractivity (Wildman–Crippen MR) is 225 cm³/mol. The Bertz CT molecular complexity index is 2660. The van der Waals surface area contributed by atoms with Crippen LogP contribution in [0.15, 0.2) is 188 Å². The van der Waals surface area contributed by atoms with Crippen LogP contribution in [0.5, 0.6) is 0 Å². The molecule has 7 aromatic rings. The fraction of sp³-hybridized carbons (Fsp3) is 0.132. The van der Waals surface area contributed by atoms with E-state index >= 15 is 0 Å². The molecule has 1 heteroatoms. The summed E-state index contributed by atoms with van der Waals surface area (Å²) in [4.78, 5) is 2.69. The number of hydrogen-bond donors (Lipinski definition) is 0. The van der Waals surface area contributed by atoms with Gasteiger partial charge in [0.2, 0.25) is 0 Å². The van der Waals surface area contributed by atoms with E-state index in [1.165, 1.54) is 89.3 Å². The van der Waals surface area contributed by atoms with Crippen molar-refractivity contribution in [1.82, 2.24) is 0 Å². The van der Waals surface area contributed by atoms with Crippen LogP contribution in [0.2, 0.25) is 0 Å². The average Bonchev–Trinajstić information content (AvgIpc) is 3.78. The van der Waals surface area contributed by atoms with E-state index in [1.54, 1.807) is 0 Å². The highest BCUT2D eigenvalue weighted by Crippen LogP contribution is 2.65. The molecule has 0 radical (unpaired) electrons.